The summed E-state index contributed by atoms with van der Waals surface area (Å²) in [5, 5.41) is 0. The number of benzene rings is 1. The van der Waals surface area contributed by atoms with Crippen LogP contribution >= 0.6 is 15.9 Å². The second-order valence-electron chi connectivity index (χ2n) is 7.96. The molecule has 1 aliphatic rings. The van der Waals surface area contributed by atoms with Gasteiger partial charge in [0.1, 0.15) is 5.75 Å². The van der Waals surface area contributed by atoms with Gasteiger partial charge < -0.3 is 14.5 Å². The van der Waals surface area contributed by atoms with Crippen LogP contribution in [0.25, 0.3) is 0 Å². The van der Waals surface area contributed by atoms with Crippen molar-refractivity contribution in [1.29, 1.82) is 0 Å². The van der Waals surface area contributed by atoms with E-state index in [1.54, 1.807) is 0 Å². The predicted octanol–water partition coefficient (Wildman–Crippen LogP) is 3.99. The maximum atomic E-state index is 12.3. The third-order valence-electron chi connectivity index (χ3n) is 4.88. The number of rotatable bonds is 6. The Morgan fingerprint density at radius 2 is 1.67 bits per heavy atom. The van der Waals surface area contributed by atoms with Gasteiger partial charge in [-0.1, -0.05) is 33.8 Å². The molecule has 1 saturated heterocycles. The molecule has 1 fully saturated rings. The Hall–Kier alpha value is -1.56. The summed E-state index contributed by atoms with van der Waals surface area (Å²) in [6, 6.07) is 6.16. The Labute approximate surface area is 171 Å². The Morgan fingerprint density at radius 3 is 2.19 bits per heavy atom. The highest BCUT2D eigenvalue weighted by Crippen LogP contribution is 2.31. The van der Waals surface area contributed by atoms with Crippen molar-refractivity contribution in [2.45, 2.75) is 52.4 Å². The van der Waals surface area contributed by atoms with E-state index in [1.807, 2.05) is 22.8 Å². The highest BCUT2D eigenvalue weighted by Gasteiger charge is 2.23. The van der Waals surface area contributed by atoms with Crippen LogP contribution in [-0.2, 0) is 15.0 Å². The van der Waals surface area contributed by atoms with E-state index in [0.29, 0.717) is 52.0 Å². The minimum Gasteiger partial charge on any atom is -0.492 e. The third kappa shape index (κ3) is 6.23. The summed E-state index contributed by atoms with van der Waals surface area (Å²) in [4.78, 5) is 27.7. The minimum atomic E-state index is 0.0965. The topological polar surface area (TPSA) is 49.9 Å². The molecule has 0 atom stereocenters. The van der Waals surface area contributed by atoms with Gasteiger partial charge in [-0.15, -0.1) is 0 Å². The SMILES string of the molecule is CCC(=O)N1CCN(C(=O)CCCOc2ccc(C(C)(C)C)cc2Br)CC1. The zero-order valence-corrected chi connectivity index (χ0v) is 18.5. The standard InChI is InChI=1S/C21H31BrN2O3/c1-5-19(25)23-10-12-24(13-11-23)20(26)7-6-14-27-18-9-8-16(15-17(18)22)21(2,3)4/h8-9,15H,5-7,10-14H2,1-4H3. The molecule has 0 bridgehead atoms. The summed E-state index contributed by atoms with van der Waals surface area (Å²) in [6.45, 7) is 11.5. The van der Waals surface area contributed by atoms with Crippen LogP contribution in [-0.4, -0.2) is 54.4 Å². The van der Waals surface area contributed by atoms with Gasteiger partial charge in [0.05, 0.1) is 11.1 Å². The average molecular weight is 439 g/mol. The van der Waals surface area contributed by atoms with E-state index in [2.05, 4.69) is 48.8 Å². The molecule has 5 nitrogen and oxygen atoms in total. The first kappa shape index (κ1) is 21.7. The fourth-order valence-electron chi connectivity index (χ4n) is 3.08. The molecule has 0 saturated carbocycles. The summed E-state index contributed by atoms with van der Waals surface area (Å²) in [6.07, 6.45) is 1.68. The number of hydrogen-bond acceptors (Lipinski definition) is 3. The van der Waals surface area contributed by atoms with Crippen molar-refractivity contribution in [3.05, 3.63) is 28.2 Å². The molecule has 0 unspecified atom stereocenters. The fraction of sp³-hybridized carbons (Fsp3) is 0.619. The molecule has 0 radical (unpaired) electrons. The molecule has 0 aromatic heterocycles. The summed E-state index contributed by atoms with van der Waals surface area (Å²) in [5.74, 6) is 1.12. The first-order chi connectivity index (χ1) is 12.7. The normalized spacial score (nSPS) is 15.0. The number of ether oxygens (including phenoxy) is 1. The van der Waals surface area contributed by atoms with Gasteiger partial charge in [-0.05, 0) is 45.5 Å². The van der Waals surface area contributed by atoms with Gasteiger partial charge in [0.25, 0.3) is 0 Å². The summed E-state index contributed by atoms with van der Waals surface area (Å²) < 4.78 is 6.78. The van der Waals surface area contributed by atoms with Gasteiger partial charge in [-0.2, -0.15) is 0 Å². The third-order valence-corrected chi connectivity index (χ3v) is 5.50. The highest BCUT2D eigenvalue weighted by atomic mass is 79.9. The van der Waals surface area contributed by atoms with Crippen molar-refractivity contribution in [2.75, 3.05) is 32.8 Å². The number of halogens is 1. The van der Waals surface area contributed by atoms with Crippen LogP contribution in [0.15, 0.2) is 22.7 Å². The Bertz CT molecular complexity index is 662. The molecule has 2 amide bonds. The first-order valence-corrected chi connectivity index (χ1v) is 10.5. The van der Waals surface area contributed by atoms with Crippen molar-refractivity contribution in [3.8, 4) is 5.75 Å². The van der Waals surface area contributed by atoms with Crippen LogP contribution in [0.4, 0.5) is 0 Å². The molecule has 0 spiro atoms. The molecule has 6 heteroatoms. The summed E-state index contributed by atoms with van der Waals surface area (Å²) in [7, 11) is 0. The van der Waals surface area contributed by atoms with Gasteiger partial charge in [0.2, 0.25) is 11.8 Å². The van der Waals surface area contributed by atoms with Crippen LogP contribution in [0.3, 0.4) is 0 Å². The van der Waals surface area contributed by atoms with Gasteiger partial charge in [0, 0.05) is 39.0 Å². The molecule has 2 rings (SSSR count). The van der Waals surface area contributed by atoms with E-state index in [0.717, 1.165) is 10.2 Å². The Morgan fingerprint density at radius 1 is 1.07 bits per heavy atom. The number of carbonyl (C=O) groups is 2. The lowest BCUT2D eigenvalue weighted by Gasteiger charge is -2.34. The molecule has 0 N–H and O–H groups in total. The van der Waals surface area contributed by atoms with E-state index in [-0.39, 0.29) is 17.2 Å². The van der Waals surface area contributed by atoms with Gasteiger partial charge in [-0.3, -0.25) is 9.59 Å². The molecular weight excluding hydrogens is 408 g/mol. The number of hydrogen-bond donors (Lipinski definition) is 0. The number of amides is 2. The molecule has 1 aromatic rings. The van der Waals surface area contributed by atoms with Gasteiger partial charge in [0.15, 0.2) is 0 Å². The smallest absolute Gasteiger partial charge is 0.222 e. The van der Waals surface area contributed by atoms with E-state index in [9.17, 15) is 9.59 Å². The first-order valence-electron chi connectivity index (χ1n) is 9.70. The Balaban J connectivity index is 1.73. The van der Waals surface area contributed by atoms with E-state index in [1.165, 1.54) is 5.56 Å². The monoisotopic (exact) mass is 438 g/mol. The van der Waals surface area contributed by atoms with Crippen molar-refractivity contribution in [2.24, 2.45) is 0 Å². The molecule has 150 valence electrons. The van der Waals surface area contributed by atoms with Crippen LogP contribution in [0, 0.1) is 0 Å². The maximum absolute atomic E-state index is 12.3. The van der Waals surface area contributed by atoms with Crippen LogP contribution < -0.4 is 4.74 Å². The summed E-state index contributed by atoms with van der Waals surface area (Å²) >= 11 is 3.57. The highest BCUT2D eigenvalue weighted by molar-refractivity contribution is 9.10. The number of nitrogens with zero attached hydrogens (tertiary/aromatic N) is 2. The molecule has 1 aliphatic heterocycles. The van der Waals surface area contributed by atoms with Gasteiger partial charge >= 0.3 is 0 Å². The van der Waals surface area contributed by atoms with E-state index < -0.39 is 0 Å². The van der Waals surface area contributed by atoms with Crippen molar-refractivity contribution in [1.82, 2.24) is 9.80 Å². The summed E-state index contributed by atoms with van der Waals surface area (Å²) in [5.41, 5.74) is 1.34. The zero-order valence-electron chi connectivity index (χ0n) is 16.9. The minimum absolute atomic E-state index is 0.0965. The van der Waals surface area contributed by atoms with Crippen LogP contribution in [0.2, 0.25) is 0 Å². The van der Waals surface area contributed by atoms with Crippen LogP contribution in [0.1, 0.15) is 52.5 Å². The average Bonchev–Trinajstić information content (AvgIpc) is 2.64. The molecule has 27 heavy (non-hydrogen) atoms. The molecule has 1 heterocycles. The van der Waals surface area contributed by atoms with E-state index in [4.69, 9.17) is 4.74 Å². The second-order valence-corrected chi connectivity index (χ2v) is 8.82. The molecular formula is C21H31BrN2O3. The predicted molar refractivity (Wildman–Crippen MR) is 111 cm³/mol. The maximum Gasteiger partial charge on any atom is 0.222 e. The molecule has 0 aliphatic carbocycles. The lowest BCUT2D eigenvalue weighted by Crippen LogP contribution is -2.50. The lowest BCUT2D eigenvalue weighted by atomic mass is 9.87. The largest absolute Gasteiger partial charge is 0.492 e. The Kier molecular flexibility index (Phi) is 7.71. The number of piperazine rings is 1. The lowest BCUT2D eigenvalue weighted by molar-refractivity contribution is -0.139. The zero-order chi connectivity index (χ0) is 20.0. The number of carbonyl (C=O) groups excluding carboxylic acids is 2. The van der Waals surface area contributed by atoms with Crippen LogP contribution in [0.5, 0.6) is 5.75 Å². The molecule has 1 aromatic carbocycles. The second kappa shape index (κ2) is 9.58. The quantitative estimate of drug-likeness (QED) is 0.630. The van der Waals surface area contributed by atoms with Gasteiger partial charge in [-0.25, -0.2) is 0 Å². The van der Waals surface area contributed by atoms with Crippen molar-refractivity contribution >= 4 is 27.7 Å². The fourth-order valence-corrected chi connectivity index (χ4v) is 3.57. The van der Waals surface area contributed by atoms with E-state index >= 15 is 0 Å². The van der Waals surface area contributed by atoms with Crippen molar-refractivity contribution < 1.29 is 14.3 Å². The van der Waals surface area contributed by atoms with Crippen molar-refractivity contribution in [3.63, 3.8) is 0 Å².